The summed E-state index contributed by atoms with van der Waals surface area (Å²) in [7, 11) is 1.54. The molecule has 1 aromatic rings. The first-order valence-corrected chi connectivity index (χ1v) is 6.36. The topological polar surface area (TPSA) is 64.4 Å². The molecule has 0 heterocycles. The normalized spacial score (nSPS) is 12.0. The van der Waals surface area contributed by atoms with Gasteiger partial charge in [-0.3, -0.25) is 4.79 Å². The minimum absolute atomic E-state index is 0.190. The summed E-state index contributed by atoms with van der Waals surface area (Å²) in [5.41, 5.74) is 6.40. The molecule has 0 aliphatic rings. The van der Waals surface area contributed by atoms with Crippen molar-refractivity contribution in [1.29, 1.82) is 0 Å². The van der Waals surface area contributed by atoms with Gasteiger partial charge in [-0.1, -0.05) is 31.4 Å². The van der Waals surface area contributed by atoms with Crippen LogP contribution in [0.5, 0.6) is 5.75 Å². The monoisotopic (exact) mass is 270 g/mol. The molecule has 100 valence electrons. The van der Waals surface area contributed by atoms with Gasteiger partial charge in [-0.15, -0.1) is 0 Å². The van der Waals surface area contributed by atoms with Gasteiger partial charge in [-0.2, -0.15) is 0 Å². The second kappa shape index (κ2) is 7.24. The maximum atomic E-state index is 11.8. The predicted molar refractivity (Wildman–Crippen MR) is 74.1 cm³/mol. The highest BCUT2D eigenvalue weighted by atomic mass is 35.5. The van der Waals surface area contributed by atoms with Crippen molar-refractivity contribution in [2.24, 2.45) is 5.73 Å². The van der Waals surface area contributed by atoms with Gasteiger partial charge in [0.15, 0.2) is 0 Å². The van der Waals surface area contributed by atoms with Crippen LogP contribution in [0.25, 0.3) is 0 Å². The van der Waals surface area contributed by atoms with E-state index in [-0.39, 0.29) is 5.91 Å². The zero-order valence-corrected chi connectivity index (χ0v) is 11.5. The fraction of sp³-hybridized carbons (Fsp3) is 0.462. The van der Waals surface area contributed by atoms with E-state index in [1.165, 1.54) is 0 Å². The number of carbonyl (C=O) groups excluding carboxylic acids is 1. The van der Waals surface area contributed by atoms with Gasteiger partial charge in [0.1, 0.15) is 5.75 Å². The third-order valence-electron chi connectivity index (χ3n) is 2.62. The maximum absolute atomic E-state index is 11.8. The second-order valence-corrected chi connectivity index (χ2v) is 4.49. The smallest absolute Gasteiger partial charge is 0.241 e. The second-order valence-electron chi connectivity index (χ2n) is 4.09. The molecule has 0 fully saturated rings. The number of nitrogens with two attached hydrogens (primary N) is 1. The summed E-state index contributed by atoms with van der Waals surface area (Å²) in [6, 6.07) is 4.60. The molecule has 0 aliphatic heterocycles. The average molecular weight is 271 g/mol. The number of halogens is 1. The summed E-state index contributed by atoms with van der Waals surface area (Å²) in [5, 5.41) is 3.19. The molecule has 0 aliphatic carbocycles. The van der Waals surface area contributed by atoms with Crippen molar-refractivity contribution < 1.29 is 9.53 Å². The Morgan fingerprint density at radius 3 is 2.83 bits per heavy atom. The average Bonchev–Trinajstić information content (AvgIpc) is 2.36. The van der Waals surface area contributed by atoms with Crippen LogP contribution in [0.2, 0.25) is 5.02 Å². The number of amides is 1. The molecular weight excluding hydrogens is 252 g/mol. The summed E-state index contributed by atoms with van der Waals surface area (Å²) < 4.78 is 5.04. The Morgan fingerprint density at radius 1 is 1.56 bits per heavy atom. The number of anilines is 1. The lowest BCUT2D eigenvalue weighted by atomic mass is 10.1. The van der Waals surface area contributed by atoms with Crippen LogP contribution in [0.1, 0.15) is 26.2 Å². The number of rotatable bonds is 6. The van der Waals surface area contributed by atoms with E-state index in [1.54, 1.807) is 25.3 Å². The lowest BCUT2D eigenvalue weighted by Crippen LogP contribution is -2.35. The molecule has 0 unspecified atom stereocenters. The number of carbonyl (C=O) groups is 1. The van der Waals surface area contributed by atoms with E-state index in [0.717, 1.165) is 12.8 Å². The molecule has 0 saturated heterocycles. The van der Waals surface area contributed by atoms with Gasteiger partial charge in [-0.25, -0.2) is 0 Å². The summed E-state index contributed by atoms with van der Waals surface area (Å²) in [4.78, 5) is 11.8. The number of hydrogen-bond donors (Lipinski definition) is 2. The fourth-order valence-electron chi connectivity index (χ4n) is 1.53. The van der Waals surface area contributed by atoms with Gasteiger partial charge in [-0.05, 0) is 24.6 Å². The molecule has 0 aromatic heterocycles. The molecule has 1 atom stereocenters. The van der Waals surface area contributed by atoms with Crippen molar-refractivity contribution in [3.05, 3.63) is 23.2 Å². The predicted octanol–water partition coefficient (Wildman–Crippen LogP) is 2.80. The van der Waals surface area contributed by atoms with Crippen molar-refractivity contribution in [3.63, 3.8) is 0 Å². The summed E-state index contributed by atoms with van der Waals surface area (Å²) in [6.07, 6.45) is 2.65. The van der Waals surface area contributed by atoms with E-state index in [1.807, 2.05) is 0 Å². The van der Waals surface area contributed by atoms with Gasteiger partial charge in [0.05, 0.1) is 18.2 Å². The van der Waals surface area contributed by atoms with Crippen LogP contribution < -0.4 is 15.8 Å². The molecule has 1 rings (SSSR count). The summed E-state index contributed by atoms with van der Waals surface area (Å²) >= 11 is 5.97. The summed E-state index contributed by atoms with van der Waals surface area (Å²) in [5.74, 6) is 0.384. The first kappa shape index (κ1) is 14.8. The van der Waals surface area contributed by atoms with Crippen LogP contribution in [0.3, 0.4) is 0 Å². The quantitative estimate of drug-likeness (QED) is 0.835. The minimum atomic E-state index is -0.481. The van der Waals surface area contributed by atoms with E-state index in [4.69, 9.17) is 22.1 Å². The van der Waals surface area contributed by atoms with Crippen LogP contribution >= 0.6 is 11.6 Å². The highest BCUT2D eigenvalue weighted by Gasteiger charge is 2.13. The van der Waals surface area contributed by atoms with Crippen molar-refractivity contribution >= 4 is 23.2 Å². The van der Waals surface area contributed by atoms with Gasteiger partial charge < -0.3 is 15.8 Å². The maximum Gasteiger partial charge on any atom is 0.241 e. The molecular formula is C13H19ClN2O2. The van der Waals surface area contributed by atoms with E-state index in [9.17, 15) is 4.79 Å². The third-order valence-corrected chi connectivity index (χ3v) is 2.92. The Balaban J connectivity index is 2.61. The number of nitrogens with one attached hydrogen (secondary N) is 1. The van der Waals surface area contributed by atoms with Gasteiger partial charge in [0, 0.05) is 5.69 Å². The minimum Gasteiger partial charge on any atom is -0.495 e. The van der Waals surface area contributed by atoms with Gasteiger partial charge in [0.25, 0.3) is 0 Å². The van der Waals surface area contributed by atoms with Crippen molar-refractivity contribution in [1.82, 2.24) is 0 Å². The van der Waals surface area contributed by atoms with Crippen LogP contribution in [0.15, 0.2) is 18.2 Å². The molecule has 0 radical (unpaired) electrons. The SMILES string of the molecule is CCCC[C@H](N)C(=O)Nc1ccc(OC)c(Cl)c1. The molecule has 1 aromatic carbocycles. The highest BCUT2D eigenvalue weighted by molar-refractivity contribution is 6.32. The molecule has 0 bridgehead atoms. The number of unbranched alkanes of at least 4 members (excludes halogenated alkanes) is 1. The molecule has 3 N–H and O–H groups in total. The molecule has 5 heteroatoms. The van der Waals surface area contributed by atoms with Crippen molar-refractivity contribution in [2.75, 3.05) is 12.4 Å². The number of ether oxygens (including phenoxy) is 1. The molecule has 4 nitrogen and oxygen atoms in total. The third kappa shape index (κ3) is 4.20. The lowest BCUT2D eigenvalue weighted by molar-refractivity contribution is -0.117. The zero-order chi connectivity index (χ0) is 13.5. The van der Waals surface area contributed by atoms with Gasteiger partial charge >= 0.3 is 0 Å². The van der Waals surface area contributed by atoms with Crippen LogP contribution in [-0.2, 0) is 4.79 Å². The standard InChI is InChI=1S/C13H19ClN2O2/c1-3-4-5-11(15)13(17)16-9-6-7-12(18-2)10(14)8-9/h6-8,11H,3-5,15H2,1-2H3,(H,16,17)/t11-/m0/s1. The van der Waals surface area contributed by atoms with Crippen LogP contribution in [0.4, 0.5) is 5.69 Å². The Labute approximate surface area is 112 Å². The van der Waals surface area contributed by atoms with Crippen molar-refractivity contribution in [2.45, 2.75) is 32.2 Å². The number of methoxy groups -OCH3 is 1. The Morgan fingerprint density at radius 2 is 2.28 bits per heavy atom. The van der Waals surface area contributed by atoms with Crippen LogP contribution in [0, 0.1) is 0 Å². The Hall–Kier alpha value is -1.26. The van der Waals surface area contributed by atoms with E-state index in [2.05, 4.69) is 12.2 Å². The largest absolute Gasteiger partial charge is 0.495 e. The first-order chi connectivity index (χ1) is 8.58. The van der Waals surface area contributed by atoms with Crippen LogP contribution in [-0.4, -0.2) is 19.1 Å². The summed E-state index contributed by atoms with van der Waals surface area (Å²) in [6.45, 7) is 2.06. The molecule has 18 heavy (non-hydrogen) atoms. The lowest BCUT2D eigenvalue weighted by Gasteiger charge is -2.12. The van der Waals surface area contributed by atoms with E-state index >= 15 is 0 Å². The van der Waals surface area contributed by atoms with E-state index < -0.39 is 6.04 Å². The Bertz CT molecular complexity index is 410. The number of benzene rings is 1. The molecule has 1 amide bonds. The molecule has 0 spiro atoms. The Kier molecular flexibility index (Phi) is 5.95. The molecule has 0 saturated carbocycles. The van der Waals surface area contributed by atoms with E-state index in [0.29, 0.717) is 22.9 Å². The van der Waals surface area contributed by atoms with Crippen molar-refractivity contribution in [3.8, 4) is 5.75 Å². The first-order valence-electron chi connectivity index (χ1n) is 5.98. The van der Waals surface area contributed by atoms with Gasteiger partial charge in [0.2, 0.25) is 5.91 Å². The zero-order valence-electron chi connectivity index (χ0n) is 10.7. The highest BCUT2D eigenvalue weighted by Crippen LogP contribution is 2.27. The fourth-order valence-corrected chi connectivity index (χ4v) is 1.79. The number of hydrogen-bond acceptors (Lipinski definition) is 3.